The van der Waals surface area contributed by atoms with Crippen molar-refractivity contribution >= 4 is 20.9 Å². The maximum Gasteiger partial charge on any atom is 0.246 e. The molecule has 1 aromatic carbocycles. The number of para-hydroxylation sites is 1. The maximum absolute atomic E-state index is 11.7. The fourth-order valence-electron chi connectivity index (χ4n) is 1.69. The number of rotatable bonds is 4. The van der Waals surface area contributed by atoms with Gasteiger partial charge in [0, 0.05) is 11.5 Å². The fourth-order valence-corrected chi connectivity index (χ4v) is 2.79. The highest BCUT2D eigenvalue weighted by Crippen LogP contribution is 2.23. The summed E-state index contributed by atoms with van der Waals surface area (Å²) in [5.41, 5.74) is 0.629. The lowest BCUT2D eigenvalue weighted by molar-refractivity contribution is 0.439. The Labute approximate surface area is 99.7 Å². The van der Waals surface area contributed by atoms with Crippen LogP contribution in [0.15, 0.2) is 30.3 Å². The third kappa shape index (κ3) is 2.36. The van der Waals surface area contributed by atoms with Gasteiger partial charge >= 0.3 is 0 Å². The van der Waals surface area contributed by atoms with Gasteiger partial charge < -0.3 is 5.11 Å². The monoisotopic (exact) mass is 254 g/mol. The Bertz CT molecular complexity index is 631. The van der Waals surface area contributed by atoms with Crippen LogP contribution in [0.3, 0.4) is 0 Å². The minimum absolute atomic E-state index is 0.0267. The van der Waals surface area contributed by atoms with Crippen LogP contribution in [0, 0.1) is 0 Å². The van der Waals surface area contributed by atoms with Crippen LogP contribution in [-0.2, 0) is 10.0 Å². The SMILES string of the molecule is CCCS(=O)(=O)Nn1c(O)cc2ccccc21. The molecular formula is C11H14N2O3S. The first kappa shape index (κ1) is 11.8. The number of hydrogen-bond acceptors (Lipinski definition) is 3. The van der Waals surface area contributed by atoms with Crippen molar-refractivity contribution in [3.8, 4) is 5.88 Å². The zero-order valence-electron chi connectivity index (χ0n) is 9.42. The lowest BCUT2D eigenvalue weighted by Crippen LogP contribution is -2.24. The summed E-state index contributed by atoms with van der Waals surface area (Å²) in [6.45, 7) is 1.78. The van der Waals surface area contributed by atoms with Gasteiger partial charge in [-0.3, -0.25) is 0 Å². The third-order valence-corrected chi connectivity index (χ3v) is 3.80. The molecule has 0 radical (unpaired) electrons. The van der Waals surface area contributed by atoms with E-state index in [0.29, 0.717) is 11.9 Å². The smallest absolute Gasteiger partial charge is 0.246 e. The molecule has 6 heteroatoms. The third-order valence-electron chi connectivity index (χ3n) is 2.39. The van der Waals surface area contributed by atoms with Crippen molar-refractivity contribution in [1.82, 2.24) is 4.68 Å². The molecule has 0 saturated carbocycles. The van der Waals surface area contributed by atoms with E-state index in [4.69, 9.17) is 0 Å². The van der Waals surface area contributed by atoms with Crippen molar-refractivity contribution in [2.45, 2.75) is 13.3 Å². The number of benzene rings is 1. The van der Waals surface area contributed by atoms with Gasteiger partial charge in [0.05, 0.1) is 11.3 Å². The minimum atomic E-state index is -3.42. The molecule has 2 N–H and O–H groups in total. The largest absolute Gasteiger partial charge is 0.493 e. The van der Waals surface area contributed by atoms with Gasteiger partial charge in [-0.05, 0) is 12.5 Å². The number of nitrogens with zero attached hydrogens (tertiary/aromatic N) is 1. The van der Waals surface area contributed by atoms with Gasteiger partial charge in [0.15, 0.2) is 0 Å². The predicted octanol–water partition coefficient (Wildman–Crippen LogP) is 1.63. The van der Waals surface area contributed by atoms with Crippen molar-refractivity contribution in [2.24, 2.45) is 0 Å². The van der Waals surface area contributed by atoms with Crippen LogP contribution in [0.2, 0.25) is 0 Å². The molecule has 0 unspecified atom stereocenters. The Morgan fingerprint density at radius 3 is 2.76 bits per heavy atom. The molecule has 0 saturated heterocycles. The second-order valence-corrected chi connectivity index (χ2v) is 5.63. The Balaban J connectivity index is 2.46. The van der Waals surface area contributed by atoms with E-state index < -0.39 is 10.0 Å². The number of aromatic nitrogens is 1. The molecule has 0 amide bonds. The van der Waals surface area contributed by atoms with Crippen molar-refractivity contribution in [1.29, 1.82) is 0 Å². The van der Waals surface area contributed by atoms with E-state index in [-0.39, 0.29) is 11.6 Å². The minimum Gasteiger partial charge on any atom is -0.493 e. The highest BCUT2D eigenvalue weighted by molar-refractivity contribution is 7.92. The lowest BCUT2D eigenvalue weighted by Gasteiger charge is -2.10. The standard InChI is InChI=1S/C11H14N2O3S/c1-2-7-17(15,16)12-13-10-6-4-3-5-9(10)8-11(13)14/h3-6,8,12,14H,2,7H2,1H3. The van der Waals surface area contributed by atoms with E-state index in [1.165, 1.54) is 10.7 Å². The first-order chi connectivity index (χ1) is 8.03. The molecular weight excluding hydrogens is 240 g/mol. The van der Waals surface area contributed by atoms with Crippen LogP contribution in [-0.4, -0.2) is 24.0 Å². The molecule has 0 aliphatic heterocycles. The zero-order chi connectivity index (χ0) is 12.5. The number of fused-ring (bicyclic) bond motifs is 1. The average Bonchev–Trinajstić information content (AvgIpc) is 2.55. The first-order valence-electron chi connectivity index (χ1n) is 5.33. The van der Waals surface area contributed by atoms with Gasteiger partial charge in [0.25, 0.3) is 0 Å². The Hall–Kier alpha value is -1.69. The second kappa shape index (κ2) is 4.29. The van der Waals surface area contributed by atoms with E-state index in [1.54, 1.807) is 25.1 Å². The highest BCUT2D eigenvalue weighted by Gasteiger charge is 2.13. The van der Waals surface area contributed by atoms with Crippen molar-refractivity contribution < 1.29 is 13.5 Å². The first-order valence-corrected chi connectivity index (χ1v) is 6.98. The molecule has 0 fully saturated rings. The maximum atomic E-state index is 11.7. The topological polar surface area (TPSA) is 71.3 Å². The molecule has 17 heavy (non-hydrogen) atoms. The Kier molecular flexibility index (Phi) is 2.97. The van der Waals surface area contributed by atoms with E-state index >= 15 is 0 Å². The van der Waals surface area contributed by atoms with Gasteiger partial charge in [0.1, 0.15) is 0 Å². The summed E-state index contributed by atoms with van der Waals surface area (Å²) < 4.78 is 24.5. The normalized spacial score (nSPS) is 11.8. The van der Waals surface area contributed by atoms with E-state index in [2.05, 4.69) is 4.83 Å². The molecule has 0 aliphatic carbocycles. The summed E-state index contributed by atoms with van der Waals surface area (Å²) in [6, 6.07) is 8.67. The molecule has 0 aliphatic rings. The van der Waals surface area contributed by atoms with E-state index in [0.717, 1.165) is 5.39 Å². The summed E-state index contributed by atoms with van der Waals surface area (Å²) in [7, 11) is -3.42. The van der Waals surface area contributed by atoms with Gasteiger partial charge in [-0.2, -0.15) is 0 Å². The molecule has 1 aromatic heterocycles. The summed E-state index contributed by atoms with van der Waals surface area (Å²) in [6.07, 6.45) is 0.523. The Morgan fingerprint density at radius 2 is 2.06 bits per heavy atom. The van der Waals surface area contributed by atoms with Gasteiger partial charge in [-0.15, -0.1) is 0 Å². The Morgan fingerprint density at radius 1 is 1.35 bits per heavy atom. The van der Waals surface area contributed by atoms with Crippen LogP contribution >= 0.6 is 0 Å². The quantitative estimate of drug-likeness (QED) is 0.871. The predicted molar refractivity (Wildman–Crippen MR) is 67.0 cm³/mol. The molecule has 0 atom stereocenters. The van der Waals surface area contributed by atoms with E-state index in [1.807, 2.05) is 6.07 Å². The number of sulfonamides is 1. The van der Waals surface area contributed by atoms with Crippen LogP contribution in [0.5, 0.6) is 5.88 Å². The molecule has 2 aromatic rings. The number of hydrogen-bond donors (Lipinski definition) is 2. The van der Waals surface area contributed by atoms with E-state index in [9.17, 15) is 13.5 Å². The van der Waals surface area contributed by atoms with Crippen LogP contribution < -0.4 is 4.83 Å². The summed E-state index contributed by atoms with van der Waals surface area (Å²) in [5.74, 6) is -0.0928. The highest BCUT2D eigenvalue weighted by atomic mass is 32.2. The van der Waals surface area contributed by atoms with Crippen LogP contribution in [0.1, 0.15) is 13.3 Å². The lowest BCUT2D eigenvalue weighted by atomic mass is 10.3. The van der Waals surface area contributed by atoms with Gasteiger partial charge in [-0.25, -0.2) is 17.9 Å². The van der Waals surface area contributed by atoms with Crippen LogP contribution in [0.4, 0.5) is 0 Å². The molecule has 1 heterocycles. The number of nitrogens with one attached hydrogen (secondary N) is 1. The molecule has 0 bridgehead atoms. The summed E-state index contributed by atoms with van der Waals surface area (Å²) in [4.78, 5) is 2.35. The van der Waals surface area contributed by atoms with Gasteiger partial charge in [0.2, 0.25) is 15.9 Å². The molecule has 5 nitrogen and oxygen atoms in total. The second-order valence-electron chi connectivity index (χ2n) is 3.81. The van der Waals surface area contributed by atoms with Crippen molar-refractivity contribution in [2.75, 3.05) is 10.6 Å². The average molecular weight is 254 g/mol. The number of aromatic hydroxyl groups is 1. The van der Waals surface area contributed by atoms with Crippen molar-refractivity contribution in [3.05, 3.63) is 30.3 Å². The molecule has 92 valence electrons. The zero-order valence-corrected chi connectivity index (χ0v) is 10.2. The fraction of sp³-hybridized carbons (Fsp3) is 0.273. The summed E-state index contributed by atoms with van der Waals surface area (Å²) in [5, 5.41) is 10.5. The van der Waals surface area contributed by atoms with Crippen molar-refractivity contribution in [3.63, 3.8) is 0 Å². The van der Waals surface area contributed by atoms with Gasteiger partial charge in [-0.1, -0.05) is 25.1 Å². The summed E-state index contributed by atoms with van der Waals surface area (Å²) >= 11 is 0. The molecule has 0 spiro atoms. The van der Waals surface area contributed by atoms with Crippen LogP contribution in [0.25, 0.3) is 10.9 Å². The molecule has 2 rings (SSSR count).